The molecule has 0 aliphatic heterocycles. The van der Waals surface area contributed by atoms with Crippen LogP contribution in [0.25, 0.3) is 0 Å². The summed E-state index contributed by atoms with van der Waals surface area (Å²) >= 11 is 5.66. The maximum atomic E-state index is 12.1. The molecule has 9 heteroatoms. The number of urea groups is 1. The van der Waals surface area contributed by atoms with Crippen molar-refractivity contribution in [2.75, 3.05) is 10.6 Å². The molecule has 0 aliphatic carbocycles. The van der Waals surface area contributed by atoms with Crippen molar-refractivity contribution in [3.63, 3.8) is 0 Å². The van der Waals surface area contributed by atoms with Crippen molar-refractivity contribution in [3.05, 3.63) is 47.7 Å². The van der Waals surface area contributed by atoms with Crippen LogP contribution in [0, 0.1) is 0 Å². The summed E-state index contributed by atoms with van der Waals surface area (Å²) in [6, 6.07) is 7.19. The largest absolute Gasteiger partial charge is 0.573 e. The fourth-order valence-corrected chi connectivity index (χ4v) is 1.72. The normalized spacial score (nSPS) is 10.9. The van der Waals surface area contributed by atoms with E-state index in [1.807, 2.05) is 0 Å². The summed E-state index contributed by atoms with van der Waals surface area (Å²) in [5, 5.41) is 5.03. The van der Waals surface area contributed by atoms with Crippen LogP contribution in [0.4, 0.5) is 29.3 Å². The fourth-order valence-electron chi connectivity index (χ4n) is 1.54. The molecule has 0 unspecified atom stereocenters. The molecule has 1 heterocycles. The molecule has 2 aromatic rings. The monoisotopic (exact) mass is 331 g/mol. The number of anilines is 2. The number of ether oxygens (including phenoxy) is 1. The van der Waals surface area contributed by atoms with Crippen LogP contribution in [-0.4, -0.2) is 17.4 Å². The van der Waals surface area contributed by atoms with Gasteiger partial charge in [0.1, 0.15) is 10.9 Å². The first-order valence-corrected chi connectivity index (χ1v) is 6.25. The van der Waals surface area contributed by atoms with E-state index in [1.54, 1.807) is 0 Å². The van der Waals surface area contributed by atoms with E-state index in [0.717, 1.165) is 12.1 Å². The molecule has 0 aliphatic rings. The molecular formula is C13H9ClF3N3O2. The summed E-state index contributed by atoms with van der Waals surface area (Å²) < 4.78 is 40.1. The van der Waals surface area contributed by atoms with Crippen LogP contribution in [0.15, 0.2) is 42.6 Å². The summed E-state index contributed by atoms with van der Waals surface area (Å²) in [6.45, 7) is 0. The second-order valence-electron chi connectivity index (χ2n) is 4.02. The van der Waals surface area contributed by atoms with Crippen molar-refractivity contribution >= 4 is 29.0 Å². The van der Waals surface area contributed by atoms with Crippen molar-refractivity contribution in [3.8, 4) is 5.75 Å². The average molecular weight is 332 g/mol. The lowest BCUT2D eigenvalue weighted by molar-refractivity contribution is -0.274. The molecule has 2 amide bonds. The van der Waals surface area contributed by atoms with Crippen molar-refractivity contribution in [2.24, 2.45) is 0 Å². The van der Waals surface area contributed by atoms with Gasteiger partial charge in [0, 0.05) is 23.6 Å². The van der Waals surface area contributed by atoms with Crippen LogP contribution in [0.5, 0.6) is 5.75 Å². The third kappa shape index (κ3) is 5.13. The van der Waals surface area contributed by atoms with Gasteiger partial charge in [0.2, 0.25) is 0 Å². The highest BCUT2D eigenvalue weighted by Crippen LogP contribution is 2.25. The lowest BCUT2D eigenvalue weighted by Gasteiger charge is -2.11. The van der Waals surface area contributed by atoms with Gasteiger partial charge in [0.25, 0.3) is 0 Å². The highest BCUT2D eigenvalue weighted by Gasteiger charge is 2.31. The molecule has 22 heavy (non-hydrogen) atoms. The van der Waals surface area contributed by atoms with E-state index in [1.165, 1.54) is 30.5 Å². The first-order valence-electron chi connectivity index (χ1n) is 5.87. The first-order chi connectivity index (χ1) is 10.3. The molecule has 0 radical (unpaired) electrons. The maximum absolute atomic E-state index is 12.1. The summed E-state index contributed by atoms with van der Waals surface area (Å²) in [6.07, 6.45) is -3.40. The zero-order valence-electron chi connectivity index (χ0n) is 10.8. The van der Waals surface area contributed by atoms with Gasteiger partial charge >= 0.3 is 12.4 Å². The van der Waals surface area contributed by atoms with Gasteiger partial charge in [-0.25, -0.2) is 9.78 Å². The second kappa shape index (κ2) is 6.52. The highest BCUT2D eigenvalue weighted by atomic mass is 35.5. The Balaban J connectivity index is 2.01. The molecule has 1 aromatic carbocycles. The predicted octanol–water partition coefficient (Wildman–Crippen LogP) is 4.28. The number of pyridine rings is 1. The van der Waals surface area contributed by atoms with Crippen LogP contribution in [0.1, 0.15) is 0 Å². The van der Waals surface area contributed by atoms with Crippen LogP contribution >= 0.6 is 11.6 Å². The van der Waals surface area contributed by atoms with Gasteiger partial charge in [-0.3, -0.25) is 0 Å². The number of hydrogen-bond acceptors (Lipinski definition) is 3. The highest BCUT2D eigenvalue weighted by molar-refractivity contribution is 6.29. The minimum atomic E-state index is -4.80. The Morgan fingerprint density at radius 2 is 1.82 bits per heavy atom. The third-order valence-electron chi connectivity index (χ3n) is 2.31. The molecule has 0 spiro atoms. The molecule has 0 bridgehead atoms. The number of amides is 2. The number of nitrogens with zero attached hydrogens (tertiary/aromatic N) is 1. The number of carbonyl (C=O) groups excluding carboxylic acids is 1. The van der Waals surface area contributed by atoms with Gasteiger partial charge in [0.05, 0.1) is 0 Å². The minimum absolute atomic E-state index is 0.138. The second-order valence-corrected chi connectivity index (χ2v) is 4.41. The molecule has 5 nitrogen and oxygen atoms in total. The maximum Gasteiger partial charge on any atom is 0.573 e. The first kappa shape index (κ1) is 15.9. The number of aromatic nitrogens is 1. The Bertz CT molecular complexity index is 680. The predicted molar refractivity (Wildman–Crippen MR) is 75.0 cm³/mol. The molecule has 0 fully saturated rings. The van der Waals surface area contributed by atoms with Gasteiger partial charge in [0.15, 0.2) is 0 Å². The summed E-state index contributed by atoms with van der Waals surface area (Å²) in [7, 11) is 0. The van der Waals surface area contributed by atoms with Gasteiger partial charge in [-0.15, -0.1) is 13.2 Å². The molecule has 0 saturated carbocycles. The fraction of sp³-hybridized carbons (Fsp3) is 0.0769. The molecule has 1 aromatic heterocycles. The summed E-state index contributed by atoms with van der Waals surface area (Å²) in [5.41, 5.74) is 0.527. The number of nitrogens with one attached hydrogen (secondary N) is 2. The number of halogens is 4. The molecule has 0 saturated heterocycles. The van der Waals surface area contributed by atoms with Crippen molar-refractivity contribution in [1.82, 2.24) is 4.98 Å². The Morgan fingerprint density at radius 3 is 2.45 bits per heavy atom. The third-order valence-corrected chi connectivity index (χ3v) is 2.52. The number of carbonyl (C=O) groups is 1. The molecule has 2 N–H and O–H groups in total. The summed E-state index contributed by atoms with van der Waals surface area (Å²) in [5.74, 6) is -0.433. The van der Waals surface area contributed by atoms with Crippen LogP contribution < -0.4 is 15.4 Å². The van der Waals surface area contributed by atoms with Gasteiger partial charge in [-0.2, -0.15) is 0 Å². The van der Waals surface area contributed by atoms with E-state index in [2.05, 4.69) is 20.4 Å². The quantitative estimate of drug-likeness (QED) is 0.825. The Labute approximate surface area is 128 Å². The van der Waals surface area contributed by atoms with Crippen LogP contribution in [0.3, 0.4) is 0 Å². The number of hydrogen-bond donors (Lipinski definition) is 2. The Hall–Kier alpha value is -2.48. The topological polar surface area (TPSA) is 63.2 Å². The lowest BCUT2D eigenvalue weighted by Crippen LogP contribution is -2.20. The molecular weight excluding hydrogens is 323 g/mol. The minimum Gasteiger partial charge on any atom is -0.406 e. The molecule has 2 rings (SSSR count). The number of alkyl halides is 3. The smallest absolute Gasteiger partial charge is 0.406 e. The van der Waals surface area contributed by atoms with E-state index in [-0.39, 0.29) is 10.8 Å². The van der Waals surface area contributed by atoms with E-state index in [4.69, 9.17) is 11.6 Å². The SMILES string of the molecule is O=C(Nc1cccc(OC(F)(F)F)c1)Nc1ccnc(Cl)c1. The molecule has 116 valence electrons. The van der Waals surface area contributed by atoms with Crippen molar-refractivity contribution in [2.45, 2.75) is 6.36 Å². The number of rotatable bonds is 3. The lowest BCUT2D eigenvalue weighted by atomic mass is 10.3. The Morgan fingerprint density at radius 1 is 1.14 bits per heavy atom. The van der Waals surface area contributed by atoms with E-state index >= 15 is 0 Å². The average Bonchev–Trinajstić information content (AvgIpc) is 2.36. The zero-order chi connectivity index (χ0) is 16.2. The van der Waals surface area contributed by atoms with E-state index < -0.39 is 18.1 Å². The van der Waals surface area contributed by atoms with Crippen LogP contribution in [0.2, 0.25) is 5.15 Å². The van der Waals surface area contributed by atoms with E-state index in [0.29, 0.717) is 5.69 Å². The van der Waals surface area contributed by atoms with E-state index in [9.17, 15) is 18.0 Å². The van der Waals surface area contributed by atoms with Gasteiger partial charge in [-0.1, -0.05) is 17.7 Å². The van der Waals surface area contributed by atoms with Crippen molar-refractivity contribution < 1.29 is 22.7 Å². The zero-order valence-corrected chi connectivity index (χ0v) is 11.6. The standard InChI is InChI=1S/C13H9ClF3N3O2/c14-11-7-9(4-5-18-11)20-12(21)19-8-2-1-3-10(6-8)22-13(15,16)17/h1-7H,(H2,18,19,20,21). The molecule has 0 atom stereocenters. The number of benzene rings is 1. The van der Waals surface area contributed by atoms with Crippen LogP contribution in [-0.2, 0) is 0 Å². The van der Waals surface area contributed by atoms with Gasteiger partial charge in [-0.05, 0) is 24.3 Å². The van der Waals surface area contributed by atoms with Crippen molar-refractivity contribution in [1.29, 1.82) is 0 Å². The Kier molecular flexibility index (Phi) is 4.71. The summed E-state index contributed by atoms with van der Waals surface area (Å²) in [4.78, 5) is 15.5. The van der Waals surface area contributed by atoms with Gasteiger partial charge < -0.3 is 15.4 Å².